The first kappa shape index (κ1) is 53.6. The van der Waals surface area contributed by atoms with Crippen LogP contribution in [0.1, 0.15) is 50.4 Å². The Morgan fingerprint density at radius 3 is 2.15 bits per heavy atom. The SMILES string of the molecule is Cc1c(S(C)(=O)=O)c(-c2cc(F)cc(N3CCN(c4ccc(N5CCO[P@@]5(=O)c5ccc(C[C@H](CCN6CCC(CO)CC6)CSc6ccccc6)c([N+](=O)[O-])c5)cc4)CC3)c2)c(-c2ccc(Cl)cc2)n1C(C)C. The number of aliphatic hydroxyl groups is 1. The molecular weight excluding hydrogens is 1020 g/mol. The molecule has 18 heteroatoms. The van der Waals surface area contributed by atoms with Crippen molar-refractivity contribution < 1.29 is 31.9 Å². The van der Waals surface area contributed by atoms with Crippen molar-refractivity contribution in [3.8, 4) is 22.4 Å². The summed E-state index contributed by atoms with van der Waals surface area (Å²) in [5, 5.41) is 23.3. The number of halogens is 2. The molecule has 1 aromatic heterocycles. The number of rotatable bonds is 18. The Hall–Kier alpha value is -5.19. The zero-order valence-electron chi connectivity index (χ0n) is 42.4. The summed E-state index contributed by atoms with van der Waals surface area (Å²) in [7, 11) is -7.47. The summed E-state index contributed by atoms with van der Waals surface area (Å²) in [6.07, 6.45) is 4.51. The summed E-state index contributed by atoms with van der Waals surface area (Å²) in [5.41, 5.74) is 5.80. The van der Waals surface area contributed by atoms with Crippen LogP contribution in [0.5, 0.6) is 0 Å². The Bertz CT molecular complexity index is 3110. The van der Waals surface area contributed by atoms with Gasteiger partial charge in [0.1, 0.15) is 5.82 Å². The highest BCUT2D eigenvalue weighted by Crippen LogP contribution is 2.56. The van der Waals surface area contributed by atoms with E-state index in [4.69, 9.17) is 16.1 Å². The standard InChI is InChI=1S/C56H65ClFN6O7PS2/c1-39(2)63-40(3)56(74(4,69)70)54(55(63)43-10-13-46(57)14-11-43)45-33-47(58)35-50(34-45)61-28-26-60(27-29-61)48-15-17-49(18-16-48)62-30-31-71-72(62,68)51-19-12-44(53(36-51)64(66)67)32-42(38-73-52-8-6-5-7-9-52)22-25-59-23-20-41(37-65)21-24-59/h5-19,33-36,39,41-42,65H,20-32,37-38H2,1-4H3/t42-,72-/m0/s1. The third-order valence-corrected chi connectivity index (χ3v) is 20.0. The van der Waals surface area contributed by atoms with E-state index in [1.54, 1.807) is 47.6 Å². The van der Waals surface area contributed by atoms with Crippen LogP contribution in [-0.4, -0.2) is 105 Å². The van der Waals surface area contributed by atoms with Crippen molar-refractivity contribution in [1.29, 1.82) is 0 Å². The molecule has 4 heterocycles. The van der Waals surface area contributed by atoms with Gasteiger partial charge in [-0.2, -0.15) is 0 Å². The molecule has 0 aliphatic carbocycles. The number of benzene rings is 5. The lowest BCUT2D eigenvalue weighted by molar-refractivity contribution is -0.385. The molecule has 392 valence electrons. The van der Waals surface area contributed by atoms with Crippen molar-refractivity contribution in [3.05, 3.63) is 147 Å². The number of aromatic nitrogens is 1. The number of nitro benzene ring substituents is 1. The third kappa shape index (κ3) is 11.8. The Morgan fingerprint density at radius 1 is 0.851 bits per heavy atom. The van der Waals surface area contributed by atoms with E-state index >= 15 is 4.39 Å². The molecule has 0 spiro atoms. The second-order valence-electron chi connectivity index (χ2n) is 20.1. The topological polar surface area (TPSA) is 142 Å². The fourth-order valence-electron chi connectivity index (χ4n) is 11.0. The van der Waals surface area contributed by atoms with Crippen LogP contribution in [0.2, 0.25) is 5.02 Å². The predicted octanol–water partition coefficient (Wildman–Crippen LogP) is 11.5. The highest BCUT2D eigenvalue weighted by molar-refractivity contribution is 7.99. The van der Waals surface area contributed by atoms with Gasteiger partial charge in [0.25, 0.3) is 5.69 Å². The van der Waals surface area contributed by atoms with Crippen LogP contribution in [-0.2, 0) is 25.3 Å². The van der Waals surface area contributed by atoms with Crippen LogP contribution >= 0.6 is 30.9 Å². The molecule has 0 radical (unpaired) electrons. The van der Waals surface area contributed by atoms with Crippen molar-refractivity contribution >= 4 is 68.8 Å². The number of hydrogen-bond donors (Lipinski definition) is 1. The van der Waals surface area contributed by atoms with E-state index in [2.05, 4.69) is 26.8 Å². The molecule has 2 atom stereocenters. The molecule has 0 amide bonds. The second-order valence-corrected chi connectivity index (χ2v) is 25.8. The van der Waals surface area contributed by atoms with Gasteiger partial charge in [0.05, 0.1) is 34.0 Å². The fraction of sp³-hybridized carbons (Fsp3) is 0.393. The minimum Gasteiger partial charge on any atom is -0.396 e. The maximum atomic E-state index is 15.8. The van der Waals surface area contributed by atoms with E-state index in [0.717, 1.165) is 60.8 Å². The molecule has 0 bridgehead atoms. The average Bonchev–Trinajstić information content (AvgIpc) is 3.96. The van der Waals surface area contributed by atoms with Crippen molar-refractivity contribution in [3.63, 3.8) is 0 Å². The smallest absolute Gasteiger partial charge is 0.326 e. The summed E-state index contributed by atoms with van der Waals surface area (Å²) in [5.74, 6) is 0.821. The van der Waals surface area contributed by atoms with Crippen LogP contribution in [0.4, 0.5) is 27.1 Å². The van der Waals surface area contributed by atoms with E-state index in [1.807, 2.05) is 79.1 Å². The van der Waals surface area contributed by atoms with Crippen molar-refractivity contribution in [2.24, 2.45) is 11.8 Å². The van der Waals surface area contributed by atoms with Gasteiger partial charge < -0.3 is 28.9 Å². The minimum atomic E-state index is -3.75. The van der Waals surface area contributed by atoms with Crippen LogP contribution in [0.25, 0.3) is 22.4 Å². The number of anilines is 3. The summed E-state index contributed by atoms with van der Waals surface area (Å²) in [4.78, 5) is 20.5. The summed E-state index contributed by atoms with van der Waals surface area (Å²) in [6, 6.07) is 34.9. The van der Waals surface area contributed by atoms with E-state index in [0.29, 0.717) is 89.5 Å². The van der Waals surface area contributed by atoms with Gasteiger partial charge in [-0.3, -0.25) is 19.3 Å². The van der Waals surface area contributed by atoms with Gasteiger partial charge in [-0.1, -0.05) is 48.0 Å². The summed E-state index contributed by atoms with van der Waals surface area (Å²) >= 11 is 8.04. The number of sulfone groups is 1. The number of likely N-dealkylation sites (tertiary alicyclic amines) is 1. The van der Waals surface area contributed by atoms with E-state index in [9.17, 15) is 28.2 Å². The number of thioether (sulfide) groups is 1. The normalized spacial score (nSPS) is 18.4. The molecule has 3 aliphatic heterocycles. The van der Waals surface area contributed by atoms with Crippen LogP contribution in [0.15, 0.2) is 125 Å². The van der Waals surface area contributed by atoms with Crippen LogP contribution < -0.4 is 19.8 Å². The number of hydrogen-bond acceptors (Lipinski definition) is 11. The Labute approximate surface area is 443 Å². The lowest BCUT2D eigenvalue weighted by Crippen LogP contribution is -2.46. The van der Waals surface area contributed by atoms with Gasteiger partial charge in [0.2, 0.25) is 0 Å². The van der Waals surface area contributed by atoms with Gasteiger partial charge in [-0.05, 0) is 162 Å². The first-order chi connectivity index (χ1) is 35.5. The second kappa shape index (κ2) is 23.0. The molecule has 3 saturated heterocycles. The fourth-order valence-corrected chi connectivity index (χ4v) is 15.6. The molecule has 9 rings (SSSR count). The largest absolute Gasteiger partial charge is 0.396 e. The molecule has 6 aromatic rings. The summed E-state index contributed by atoms with van der Waals surface area (Å²) in [6.45, 7) is 11.7. The van der Waals surface area contributed by atoms with Gasteiger partial charge in [0.15, 0.2) is 9.84 Å². The molecule has 3 fully saturated rings. The number of piperidine rings is 1. The number of nitrogens with zero attached hydrogens (tertiary/aromatic N) is 6. The van der Waals surface area contributed by atoms with Gasteiger partial charge in [-0.25, -0.2) is 12.8 Å². The van der Waals surface area contributed by atoms with E-state index < -0.39 is 23.2 Å². The zero-order chi connectivity index (χ0) is 52.3. The van der Waals surface area contributed by atoms with Crippen molar-refractivity contribution in [1.82, 2.24) is 9.47 Å². The third-order valence-electron chi connectivity index (χ3n) is 14.8. The minimum absolute atomic E-state index is 0.0581. The van der Waals surface area contributed by atoms with Crippen LogP contribution in [0, 0.1) is 34.7 Å². The average molecular weight is 1080 g/mol. The summed E-state index contributed by atoms with van der Waals surface area (Å²) < 4.78 is 67.6. The Balaban J connectivity index is 0.898. The first-order valence-corrected chi connectivity index (χ1v) is 30.3. The molecule has 74 heavy (non-hydrogen) atoms. The molecule has 1 N–H and O–H groups in total. The van der Waals surface area contributed by atoms with Gasteiger partial charge >= 0.3 is 7.52 Å². The lowest BCUT2D eigenvalue weighted by atomic mass is 9.94. The Kier molecular flexibility index (Phi) is 16.6. The monoisotopic (exact) mass is 1080 g/mol. The van der Waals surface area contributed by atoms with E-state index in [-0.39, 0.29) is 46.0 Å². The zero-order valence-corrected chi connectivity index (χ0v) is 45.7. The maximum absolute atomic E-state index is 15.8. The molecule has 3 aliphatic rings. The van der Waals surface area contributed by atoms with Crippen molar-refractivity contribution in [2.45, 2.75) is 62.3 Å². The molecule has 0 unspecified atom stereocenters. The van der Waals surface area contributed by atoms with Crippen LogP contribution in [0.3, 0.4) is 0 Å². The van der Waals surface area contributed by atoms with Crippen molar-refractivity contribution in [2.75, 3.05) is 92.1 Å². The number of aliphatic hydroxyl groups excluding tert-OH is 1. The molecule has 5 aromatic carbocycles. The molecule has 0 saturated carbocycles. The van der Waals surface area contributed by atoms with Gasteiger partial charge in [0, 0.05) is 101 Å². The highest BCUT2D eigenvalue weighted by Gasteiger charge is 2.41. The van der Waals surface area contributed by atoms with E-state index in [1.165, 1.54) is 24.5 Å². The lowest BCUT2D eigenvalue weighted by Gasteiger charge is -2.37. The Morgan fingerprint density at radius 2 is 1.51 bits per heavy atom. The number of nitro groups is 1. The molecule has 13 nitrogen and oxygen atoms in total. The number of piperazine rings is 1. The van der Waals surface area contributed by atoms with Gasteiger partial charge in [-0.15, -0.1) is 11.8 Å². The maximum Gasteiger partial charge on any atom is 0.326 e. The molecular formula is C56H65ClFN6O7PS2. The first-order valence-electron chi connectivity index (χ1n) is 25.4. The quantitative estimate of drug-likeness (QED) is 0.0379. The predicted molar refractivity (Wildman–Crippen MR) is 298 cm³/mol. The highest BCUT2D eigenvalue weighted by atomic mass is 35.5.